The Morgan fingerprint density at radius 2 is 2.08 bits per heavy atom. The van der Waals surface area contributed by atoms with Crippen LogP contribution in [0.25, 0.3) is 0 Å². The fraction of sp³-hybridized carbons (Fsp3) is 0.611. The summed E-state index contributed by atoms with van der Waals surface area (Å²) in [6.45, 7) is 4.44. The van der Waals surface area contributed by atoms with Crippen LogP contribution in [0, 0.1) is 0 Å². The van der Waals surface area contributed by atoms with Crippen LogP contribution in [-0.2, 0) is 21.4 Å². The maximum atomic E-state index is 12.5. The first-order chi connectivity index (χ1) is 12.4. The van der Waals surface area contributed by atoms with Crippen molar-refractivity contribution in [2.24, 2.45) is 0 Å². The van der Waals surface area contributed by atoms with Crippen LogP contribution in [0.3, 0.4) is 0 Å². The van der Waals surface area contributed by atoms with Crippen molar-refractivity contribution >= 4 is 16.1 Å². The number of nitrogens with one attached hydrogen (secondary N) is 1. The van der Waals surface area contributed by atoms with Gasteiger partial charge in [0.05, 0.1) is 12.4 Å². The molecule has 1 N–H and O–H groups in total. The number of nitrogens with zero attached hydrogens (tertiary/aromatic N) is 1. The average Bonchev–Trinajstić information content (AvgIpc) is 3.08. The zero-order valence-electron chi connectivity index (χ0n) is 15.4. The van der Waals surface area contributed by atoms with E-state index in [1.165, 1.54) is 0 Å². The Labute approximate surface area is 155 Å². The number of amides is 2. The summed E-state index contributed by atoms with van der Waals surface area (Å²) < 4.78 is 32.9. The molecule has 2 rings (SSSR count). The molecule has 2 amide bonds. The van der Waals surface area contributed by atoms with Gasteiger partial charge in [0.2, 0.25) is 0 Å². The molecule has 1 aliphatic rings. The molecule has 1 aliphatic heterocycles. The van der Waals surface area contributed by atoms with Crippen LogP contribution in [0.15, 0.2) is 24.3 Å². The lowest BCUT2D eigenvalue weighted by molar-refractivity contribution is 0.0795. The maximum Gasteiger partial charge on any atom is 0.317 e. The summed E-state index contributed by atoms with van der Waals surface area (Å²) in [6.07, 6.45) is 5.02. The first-order valence-electron chi connectivity index (χ1n) is 9.00. The summed E-state index contributed by atoms with van der Waals surface area (Å²) in [5, 5.41) is 2.95. The van der Waals surface area contributed by atoms with Gasteiger partial charge in [-0.05, 0) is 37.0 Å². The van der Waals surface area contributed by atoms with Crippen molar-refractivity contribution in [2.45, 2.75) is 45.3 Å². The molecule has 26 heavy (non-hydrogen) atoms. The smallest absolute Gasteiger partial charge is 0.317 e. The summed E-state index contributed by atoms with van der Waals surface area (Å²) in [4.78, 5) is 14.3. The molecule has 1 atom stereocenters. The summed E-state index contributed by atoms with van der Waals surface area (Å²) >= 11 is 0. The number of carbonyl (C=O) groups excluding carboxylic acids is 1. The van der Waals surface area contributed by atoms with Crippen LogP contribution in [0.1, 0.15) is 38.2 Å². The summed E-state index contributed by atoms with van der Waals surface area (Å²) in [7, 11) is -3.55. The minimum atomic E-state index is -3.55. The molecule has 0 radical (unpaired) electrons. The van der Waals surface area contributed by atoms with Crippen molar-refractivity contribution in [1.82, 2.24) is 10.2 Å². The van der Waals surface area contributed by atoms with Gasteiger partial charge < -0.3 is 19.1 Å². The van der Waals surface area contributed by atoms with Gasteiger partial charge in [-0.3, -0.25) is 0 Å². The van der Waals surface area contributed by atoms with E-state index in [4.69, 9.17) is 8.92 Å². The molecule has 0 aliphatic carbocycles. The number of hydrogen-bond donors (Lipinski definition) is 1. The van der Waals surface area contributed by atoms with E-state index in [9.17, 15) is 13.2 Å². The molecule has 0 saturated carbocycles. The second kappa shape index (κ2) is 9.78. The van der Waals surface area contributed by atoms with Gasteiger partial charge >= 0.3 is 16.1 Å². The molecule has 0 unspecified atom stereocenters. The van der Waals surface area contributed by atoms with Gasteiger partial charge in [0.25, 0.3) is 0 Å². The molecular weight excluding hydrogens is 356 g/mol. The molecule has 8 heteroatoms. The zero-order chi connectivity index (χ0) is 19.0. The minimum Gasteiger partial charge on any atom is -0.383 e. The normalized spacial score (nSPS) is 17.1. The van der Waals surface area contributed by atoms with E-state index >= 15 is 0 Å². The molecule has 1 fully saturated rings. The molecule has 7 nitrogen and oxygen atoms in total. The molecular formula is C18H28N2O5S. The van der Waals surface area contributed by atoms with Crippen LogP contribution in [0.5, 0.6) is 5.75 Å². The molecule has 1 aromatic rings. The Bertz CT molecular complexity index is 669. The lowest BCUT2D eigenvalue weighted by Gasteiger charge is -2.26. The van der Waals surface area contributed by atoms with Gasteiger partial charge in [0, 0.05) is 26.2 Å². The second-order valence-electron chi connectivity index (χ2n) is 6.53. The van der Waals surface area contributed by atoms with Gasteiger partial charge in [-0.1, -0.05) is 25.5 Å². The number of rotatable bonds is 9. The lowest BCUT2D eigenvalue weighted by atomic mass is 10.2. The Morgan fingerprint density at radius 3 is 2.65 bits per heavy atom. The van der Waals surface area contributed by atoms with E-state index in [0.717, 1.165) is 44.1 Å². The molecule has 0 bridgehead atoms. The lowest BCUT2D eigenvalue weighted by Crippen LogP contribution is -2.43. The average molecular weight is 384 g/mol. The summed E-state index contributed by atoms with van der Waals surface area (Å²) in [5.74, 6) is 0.259. The Morgan fingerprint density at radius 1 is 1.35 bits per heavy atom. The monoisotopic (exact) mass is 384 g/mol. The van der Waals surface area contributed by atoms with E-state index in [2.05, 4.69) is 12.2 Å². The van der Waals surface area contributed by atoms with Crippen LogP contribution in [-0.4, -0.2) is 51.4 Å². The number of urea groups is 1. The van der Waals surface area contributed by atoms with Crippen molar-refractivity contribution < 1.29 is 22.1 Å². The summed E-state index contributed by atoms with van der Waals surface area (Å²) in [6, 6.07) is 6.61. The third-order valence-electron chi connectivity index (χ3n) is 4.09. The highest BCUT2D eigenvalue weighted by Gasteiger charge is 2.22. The number of unbranched alkanes of at least 4 members (excludes halogenated alkanes) is 1. The van der Waals surface area contributed by atoms with Gasteiger partial charge in [0.15, 0.2) is 0 Å². The number of benzene rings is 1. The van der Waals surface area contributed by atoms with Crippen molar-refractivity contribution in [2.75, 3.05) is 26.0 Å². The van der Waals surface area contributed by atoms with Gasteiger partial charge in [-0.25, -0.2) is 4.79 Å². The van der Waals surface area contributed by atoms with Crippen molar-refractivity contribution in [3.63, 3.8) is 0 Å². The Balaban J connectivity index is 2.00. The predicted octanol–water partition coefficient (Wildman–Crippen LogP) is 2.52. The zero-order valence-corrected chi connectivity index (χ0v) is 16.3. The fourth-order valence-corrected chi connectivity index (χ4v) is 3.24. The predicted molar refractivity (Wildman–Crippen MR) is 99.6 cm³/mol. The summed E-state index contributed by atoms with van der Waals surface area (Å²) in [5.41, 5.74) is 0.898. The van der Waals surface area contributed by atoms with Crippen LogP contribution < -0.4 is 9.50 Å². The SMILES string of the molecule is CCCCNC(=O)N(Cc1ccc(OS(C)(=O)=O)cc1)C[C@H]1CCCO1. The standard InChI is InChI=1S/C18H28N2O5S/c1-3-4-11-19-18(21)20(14-17-6-5-12-24-17)13-15-7-9-16(10-8-15)25-26(2,22)23/h7-10,17H,3-6,11-14H2,1-2H3,(H,19,21)/t17-/m1/s1. The largest absolute Gasteiger partial charge is 0.383 e. The van der Waals surface area contributed by atoms with E-state index < -0.39 is 10.1 Å². The third-order valence-corrected chi connectivity index (χ3v) is 4.58. The van der Waals surface area contributed by atoms with Gasteiger partial charge in [-0.15, -0.1) is 0 Å². The van der Waals surface area contributed by atoms with Crippen molar-refractivity contribution in [3.8, 4) is 5.75 Å². The minimum absolute atomic E-state index is 0.0692. The highest BCUT2D eigenvalue weighted by atomic mass is 32.2. The maximum absolute atomic E-state index is 12.5. The highest BCUT2D eigenvalue weighted by molar-refractivity contribution is 7.86. The van der Waals surface area contributed by atoms with Crippen molar-refractivity contribution in [3.05, 3.63) is 29.8 Å². The highest BCUT2D eigenvalue weighted by Crippen LogP contribution is 2.18. The number of ether oxygens (including phenoxy) is 1. The van der Waals surface area contributed by atoms with E-state index in [1.807, 2.05) is 0 Å². The Kier molecular flexibility index (Phi) is 7.71. The first kappa shape index (κ1) is 20.5. The molecule has 1 saturated heterocycles. The Hall–Kier alpha value is -1.80. The van der Waals surface area contributed by atoms with Gasteiger partial charge in [-0.2, -0.15) is 8.42 Å². The fourth-order valence-electron chi connectivity index (χ4n) is 2.78. The van der Waals surface area contributed by atoms with Crippen molar-refractivity contribution in [1.29, 1.82) is 0 Å². The van der Waals surface area contributed by atoms with Crippen LogP contribution in [0.4, 0.5) is 4.79 Å². The van der Waals surface area contributed by atoms with Gasteiger partial charge in [0.1, 0.15) is 5.75 Å². The topological polar surface area (TPSA) is 84.9 Å². The third kappa shape index (κ3) is 7.21. The number of carbonyl (C=O) groups is 1. The molecule has 0 spiro atoms. The quantitative estimate of drug-likeness (QED) is 0.522. The first-order valence-corrected chi connectivity index (χ1v) is 10.8. The molecule has 1 aromatic carbocycles. The molecule has 146 valence electrons. The van der Waals surface area contributed by atoms with E-state index in [0.29, 0.717) is 19.6 Å². The molecule has 0 aromatic heterocycles. The van der Waals surface area contributed by atoms with E-state index in [1.54, 1.807) is 29.2 Å². The second-order valence-corrected chi connectivity index (χ2v) is 8.11. The number of hydrogen-bond acceptors (Lipinski definition) is 5. The van der Waals surface area contributed by atoms with Crippen LogP contribution >= 0.6 is 0 Å². The van der Waals surface area contributed by atoms with E-state index in [-0.39, 0.29) is 17.9 Å². The van der Waals surface area contributed by atoms with Crippen LogP contribution in [0.2, 0.25) is 0 Å². The molecule has 1 heterocycles.